The fraction of sp³-hybridized carbons (Fsp3) is 0. The Kier molecular flexibility index (Phi) is 3.94. The summed E-state index contributed by atoms with van der Waals surface area (Å²) >= 11 is 11.8. The molecule has 0 bridgehead atoms. The van der Waals surface area contributed by atoms with Crippen LogP contribution < -0.4 is 0 Å². The molecule has 1 aromatic carbocycles. The van der Waals surface area contributed by atoms with Gasteiger partial charge >= 0.3 is 0 Å². The van der Waals surface area contributed by atoms with E-state index in [-0.39, 0.29) is 0 Å². The smallest absolute Gasteiger partial charge is 0.122 e. The average Bonchev–Trinajstić information content (AvgIpc) is 3.40. The first-order chi connectivity index (χ1) is 12.2. The van der Waals surface area contributed by atoms with Gasteiger partial charge < -0.3 is 0 Å². The molecule has 0 unspecified atom stereocenters. The normalized spacial score (nSPS) is 11.6. The molecule has 5 aromatic rings. The minimum Gasteiger partial charge on any atom is -0.242 e. The maximum absolute atomic E-state index is 4.98. The van der Waals surface area contributed by atoms with E-state index in [1.807, 2.05) is 12.1 Å². The summed E-state index contributed by atoms with van der Waals surface area (Å²) in [6.07, 6.45) is 0. The molecule has 0 spiro atoms. The van der Waals surface area contributed by atoms with E-state index in [4.69, 9.17) is 9.97 Å². The van der Waals surface area contributed by atoms with Gasteiger partial charge in [0.2, 0.25) is 0 Å². The lowest BCUT2D eigenvalue weighted by atomic mass is 10.2. The monoisotopic (exact) mass is 508 g/mol. The van der Waals surface area contributed by atoms with Crippen molar-refractivity contribution in [2.75, 3.05) is 0 Å². The lowest BCUT2D eigenvalue weighted by molar-refractivity contribution is 1.30. The molecule has 122 valence electrons. The van der Waals surface area contributed by atoms with Crippen molar-refractivity contribution in [1.29, 1.82) is 0 Å². The van der Waals surface area contributed by atoms with Gasteiger partial charge in [-0.15, -0.1) is 22.7 Å². The van der Waals surface area contributed by atoms with Gasteiger partial charge in [-0.1, -0.05) is 12.1 Å². The molecule has 0 amide bonds. The zero-order chi connectivity index (χ0) is 17.0. The molecular weight excluding hydrogens is 504 g/mol. The first-order valence-electron chi connectivity index (χ1n) is 7.13. The number of hydrogen-bond acceptors (Lipinski definition) is 7. The maximum Gasteiger partial charge on any atom is 0.122 e. The van der Waals surface area contributed by atoms with Crippen LogP contribution in [0.25, 0.3) is 43.2 Å². The number of halogens is 2. The van der Waals surface area contributed by atoms with Crippen LogP contribution in [0.15, 0.2) is 44.0 Å². The molecule has 0 radical (unpaired) electrons. The Morgan fingerprint density at radius 3 is 1.56 bits per heavy atom. The van der Waals surface area contributed by atoms with Gasteiger partial charge in [-0.2, -0.15) is 8.75 Å². The zero-order valence-corrected chi connectivity index (χ0v) is 17.9. The molecule has 9 heteroatoms. The minimum atomic E-state index is 0.788. The average molecular weight is 510 g/mol. The van der Waals surface area contributed by atoms with Gasteiger partial charge in [-0.05, 0) is 54.8 Å². The van der Waals surface area contributed by atoms with Crippen molar-refractivity contribution in [2.24, 2.45) is 0 Å². The molecule has 25 heavy (non-hydrogen) atoms. The Hall–Kier alpha value is -1.26. The molecule has 4 heterocycles. The number of aromatic nitrogens is 4. The highest BCUT2D eigenvalue weighted by molar-refractivity contribution is 9.11. The summed E-state index contributed by atoms with van der Waals surface area (Å²) in [4.78, 5) is 12.1. The second-order valence-corrected chi connectivity index (χ2v) is 9.17. The van der Waals surface area contributed by atoms with Gasteiger partial charge in [-0.25, -0.2) is 9.97 Å². The van der Waals surface area contributed by atoms with Crippen molar-refractivity contribution in [3.05, 3.63) is 44.0 Å². The summed E-state index contributed by atoms with van der Waals surface area (Å²) < 4.78 is 10.4. The fourth-order valence-corrected chi connectivity index (χ4v) is 5.94. The summed E-state index contributed by atoms with van der Waals surface area (Å²) in [6.45, 7) is 0. The summed E-state index contributed by atoms with van der Waals surface area (Å²) in [6, 6.07) is 8.21. The van der Waals surface area contributed by atoms with Crippen LogP contribution in [0.1, 0.15) is 0 Å². The minimum absolute atomic E-state index is 0.788. The van der Waals surface area contributed by atoms with Crippen LogP contribution in [0.3, 0.4) is 0 Å². The van der Waals surface area contributed by atoms with Crippen molar-refractivity contribution in [3.8, 4) is 21.1 Å². The number of thiophene rings is 2. The zero-order valence-electron chi connectivity index (χ0n) is 12.2. The van der Waals surface area contributed by atoms with E-state index in [1.165, 1.54) is 11.7 Å². The Morgan fingerprint density at radius 2 is 1.16 bits per heavy atom. The van der Waals surface area contributed by atoms with E-state index < -0.39 is 0 Å². The lowest BCUT2D eigenvalue weighted by Gasteiger charge is -2.10. The summed E-state index contributed by atoms with van der Waals surface area (Å²) in [7, 11) is 0. The Bertz CT molecular complexity index is 1120. The number of benzene rings is 1. The fourth-order valence-electron chi connectivity index (χ4n) is 2.61. The molecule has 4 aromatic heterocycles. The predicted molar refractivity (Wildman–Crippen MR) is 113 cm³/mol. The molecule has 0 aliphatic rings. The predicted octanol–water partition coefficient (Wildman–Crippen LogP) is 6.62. The Labute approximate surface area is 171 Å². The van der Waals surface area contributed by atoms with Crippen LogP contribution >= 0.6 is 66.3 Å². The summed E-state index contributed by atoms with van der Waals surface area (Å²) in [5.41, 5.74) is 4.96. The first-order valence-corrected chi connectivity index (χ1v) is 11.2. The van der Waals surface area contributed by atoms with Crippen molar-refractivity contribution in [3.63, 3.8) is 0 Å². The largest absolute Gasteiger partial charge is 0.242 e. The van der Waals surface area contributed by atoms with Crippen molar-refractivity contribution in [2.45, 2.75) is 0 Å². The van der Waals surface area contributed by atoms with E-state index >= 15 is 0 Å². The van der Waals surface area contributed by atoms with Gasteiger partial charge in [-0.3, -0.25) is 0 Å². The molecule has 0 N–H and O–H groups in total. The third-order valence-electron chi connectivity index (χ3n) is 3.73. The second-order valence-electron chi connectivity index (χ2n) is 5.16. The number of nitrogens with zero attached hydrogens (tertiary/aromatic N) is 4. The molecule has 0 aliphatic carbocycles. The van der Waals surface area contributed by atoms with Crippen LogP contribution in [-0.2, 0) is 0 Å². The second kappa shape index (κ2) is 6.17. The van der Waals surface area contributed by atoms with E-state index in [0.29, 0.717) is 0 Å². The van der Waals surface area contributed by atoms with Crippen LogP contribution in [0, 0.1) is 0 Å². The Balaban J connectivity index is 1.96. The van der Waals surface area contributed by atoms with Crippen molar-refractivity contribution < 1.29 is 0 Å². The van der Waals surface area contributed by atoms with Gasteiger partial charge in [0.05, 0.1) is 30.4 Å². The molecule has 0 fully saturated rings. The molecule has 0 aliphatic heterocycles. The van der Waals surface area contributed by atoms with E-state index in [9.17, 15) is 0 Å². The van der Waals surface area contributed by atoms with Crippen molar-refractivity contribution >= 4 is 88.3 Å². The van der Waals surface area contributed by atoms with Crippen LogP contribution in [0.4, 0.5) is 0 Å². The molecule has 4 nitrogen and oxygen atoms in total. The molecule has 0 saturated heterocycles. The maximum atomic E-state index is 4.98. The van der Waals surface area contributed by atoms with Gasteiger partial charge in [0.15, 0.2) is 0 Å². The third kappa shape index (κ3) is 2.48. The lowest BCUT2D eigenvalue weighted by Crippen LogP contribution is -1.95. The standard InChI is InChI=1S/C16H6Br2N4S3/c17-9-13-14(10(18)16-15(9)21-25-22-16)20-12(8-4-2-6-24-8)11(19-13)7-3-1-5-23-7/h1-6H. The SMILES string of the molecule is Brc1c2nsnc2c(Br)c2nc(-c3cccs3)c(-c3cccs3)nc12. The number of rotatable bonds is 2. The molecule has 0 saturated carbocycles. The topological polar surface area (TPSA) is 51.6 Å². The highest BCUT2D eigenvalue weighted by atomic mass is 79.9. The van der Waals surface area contributed by atoms with Crippen LogP contribution in [-0.4, -0.2) is 18.7 Å². The molecule has 5 rings (SSSR count). The molecule has 0 atom stereocenters. The quantitative estimate of drug-likeness (QED) is 0.268. The van der Waals surface area contributed by atoms with Gasteiger partial charge in [0.25, 0.3) is 0 Å². The highest BCUT2D eigenvalue weighted by Gasteiger charge is 2.21. The van der Waals surface area contributed by atoms with Crippen molar-refractivity contribution in [1.82, 2.24) is 18.7 Å². The van der Waals surface area contributed by atoms with Crippen LogP contribution in [0.2, 0.25) is 0 Å². The van der Waals surface area contributed by atoms with E-state index in [0.717, 1.165) is 52.2 Å². The summed E-state index contributed by atoms with van der Waals surface area (Å²) in [5.74, 6) is 0. The Morgan fingerprint density at radius 1 is 0.680 bits per heavy atom. The van der Waals surface area contributed by atoms with Crippen LogP contribution in [0.5, 0.6) is 0 Å². The first kappa shape index (κ1) is 16.0. The third-order valence-corrected chi connectivity index (χ3v) is 7.51. The number of hydrogen-bond donors (Lipinski definition) is 0. The summed E-state index contributed by atoms with van der Waals surface area (Å²) in [5, 5.41) is 4.11. The van der Waals surface area contributed by atoms with Gasteiger partial charge in [0, 0.05) is 0 Å². The highest BCUT2D eigenvalue weighted by Crippen LogP contribution is 2.41. The van der Waals surface area contributed by atoms with E-state index in [1.54, 1.807) is 22.7 Å². The number of fused-ring (bicyclic) bond motifs is 2. The molecular formula is C16H6Br2N4S3. The van der Waals surface area contributed by atoms with E-state index in [2.05, 4.69) is 63.5 Å². The van der Waals surface area contributed by atoms with Gasteiger partial charge in [0.1, 0.15) is 33.5 Å².